The average molecular weight is 664 g/mol. The van der Waals surface area contributed by atoms with E-state index in [0.717, 1.165) is 17.1 Å². The summed E-state index contributed by atoms with van der Waals surface area (Å²) in [6, 6.07) is 69.2. The zero-order chi connectivity index (χ0) is 34.8. The van der Waals surface area contributed by atoms with Crippen molar-refractivity contribution in [3.63, 3.8) is 0 Å². The van der Waals surface area contributed by atoms with Crippen molar-refractivity contribution in [2.24, 2.45) is 0 Å². The van der Waals surface area contributed by atoms with Gasteiger partial charge in [-0.25, -0.2) is 0 Å². The van der Waals surface area contributed by atoms with Gasteiger partial charge in [-0.3, -0.25) is 0 Å². The second-order valence-electron chi connectivity index (χ2n) is 14.6. The molecule has 0 aliphatic heterocycles. The molecule has 1 aliphatic carbocycles. The number of hydrogen-bond acceptors (Lipinski definition) is 1. The highest BCUT2D eigenvalue weighted by atomic mass is 15.1. The van der Waals surface area contributed by atoms with Crippen LogP contribution in [-0.2, 0) is 5.41 Å². The van der Waals surface area contributed by atoms with Crippen molar-refractivity contribution in [1.82, 2.24) is 0 Å². The van der Waals surface area contributed by atoms with Crippen LogP contribution in [0.2, 0.25) is 0 Å². The van der Waals surface area contributed by atoms with E-state index in [0.29, 0.717) is 0 Å². The molecule has 52 heavy (non-hydrogen) atoms. The number of nitrogens with zero attached hydrogens (tertiary/aromatic N) is 1. The minimum absolute atomic E-state index is 0.0822. The summed E-state index contributed by atoms with van der Waals surface area (Å²) in [4.78, 5) is 2.40. The molecule has 0 saturated heterocycles. The van der Waals surface area contributed by atoms with Crippen molar-refractivity contribution in [3.8, 4) is 33.4 Å². The summed E-state index contributed by atoms with van der Waals surface area (Å²) in [5.41, 5.74) is 13.6. The normalized spacial score (nSPS) is 13.0. The minimum Gasteiger partial charge on any atom is -0.310 e. The SMILES string of the molecule is CC1(C)c2ccccc2-c2ccc(N(c3ccc(-c4ccccc4)cc3)c3ccc(-c4ccc5ccc6c7ccccc7ccc6c5c4)cc3)cc21. The topological polar surface area (TPSA) is 3.24 Å². The summed E-state index contributed by atoms with van der Waals surface area (Å²) in [5, 5.41) is 7.71. The Balaban J connectivity index is 1.07. The Morgan fingerprint density at radius 1 is 0.327 bits per heavy atom. The molecule has 0 bridgehead atoms. The van der Waals surface area contributed by atoms with Crippen LogP contribution in [0.3, 0.4) is 0 Å². The van der Waals surface area contributed by atoms with E-state index < -0.39 is 0 Å². The van der Waals surface area contributed by atoms with E-state index >= 15 is 0 Å². The molecule has 9 aromatic rings. The Labute approximate surface area is 305 Å². The van der Waals surface area contributed by atoms with Gasteiger partial charge in [0.2, 0.25) is 0 Å². The van der Waals surface area contributed by atoms with Gasteiger partial charge >= 0.3 is 0 Å². The molecule has 0 saturated carbocycles. The molecule has 0 radical (unpaired) electrons. The molecule has 10 rings (SSSR count). The zero-order valence-electron chi connectivity index (χ0n) is 29.3. The molecule has 246 valence electrons. The van der Waals surface area contributed by atoms with Crippen molar-refractivity contribution < 1.29 is 0 Å². The Hall–Kier alpha value is -6.44. The fourth-order valence-corrected chi connectivity index (χ4v) is 8.51. The quantitative estimate of drug-likeness (QED) is 0.166. The molecule has 1 nitrogen and oxygen atoms in total. The van der Waals surface area contributed by atoms with Crippen molar-refractivity contribution in [3.05, 3.63) is 199 Å². The monoisotopic (exact) mass is 663 g/mol. The first kappa shape index (κ1) is 30.4. The fourth-order valence-electron chi connectivity index (χ4n) is 8.51. The predicted octanol–water partition coefficient (Wildman–Crippen LogP) is 14.3. The second kappa shape index (κ2) is 11.8. The first-order valence-electron chi connectivity index (χ1n) is 18.2. The highest BCUT2D eigenvalue weighted by molar-refractivity contribution is 6.17. The Bertz CT molecular complexity index is 2790. The molecule has 0 N–H and O–H groups in total. The van der Waals surface area contributed by atoms with Gasteiger partial charge in [0.15, 0.2) is 0 Å². The van der Waals surface area contributed by atoms with Crippen LogP contribution >= 0.6 is 0 Å². The first-order chi connectivity index (χ1) is 25.5. The summed E-state index contributed by atoms with van der Waals surface area (Å²) in [5.74, 6) is 0. The van der Waals surface area contributed by atoms with Crippen molar-refractivity contribution in [1.29, 1.82) is 0 Å². The smallest absolute Gasteiger partial charge is 0.0465 e. The summed E-state index contributed by atoms with van der Waals surface area (Å²) < 4.78 is 0. The lowest BCUT2D eigenvalue weighted by Gasteiger charge is -2.28. The summed E-state index contributed by atoms with van der Waals surface area (Å²) >= 11 is 0. The molecule has 0 amide bonds. The van der Waals surface area contributed by atoms with Gasteiger partial charge in [0.25, 0.3) is 0 Å². The standard InChI is InChI=1S/C51H37N/c1-51(2)49-15-9-8-14-46(49)47-31-28-42(33-50(47)51)52(40-24-18-35(19-25-40)34-10-4-3-5-11-34)41-26-20-36(21-27-41)39-17-16-38-23-29-44-43-13-7-6-12-37(43)22-30-45(44)48(38)32-39/h3-33H,1-2H3. The molecular formula is C51H37N. The van der Waals surface area contributed by atoms with E-state index in [1.807, 2.05) is 0 Å². The molecular weight excluding hydrogens is 627 g/mol. The van der Waals surface area contributed by atoms with Crippen LogP contribution in [-0.4, -0.2) is 0 Å². The van der Waals surface area contributed by atoms with Crippen LogP contribution in [0.25, 0.3) is 65.7 Å². The van der Waals surface area contributed by atoms with E-state index in [1.54, 1.807) is 0 Å². The molecule has 0 heterocycles. The largest absolute Gasteiger partial charge is 0.310 e. The number of rotatable bonds is 5. The lowest BCUT2D eigenvalue weighted by Crippen LogP contribution is -2.16. The van der Waals surface area contributed by atoms with Crippen molar-refractivity contribution >= 4 is 49.4 Å². The maximum Gasteiger partial charge on any atom is 0.0465 e. The number of anilines is 3. The molecule has 0 unspecified atom stereocenters. The Morgan fingerprint density at radius 2 is 0.846 bits per heavy atom. The second-order valence-corrected chi connectivity index (χ2v) is 14.6. The third kappa shape index (κ3) is 4.85. The van der Waals surface area contributed by atoms with Gasteiger partial charge in [0.1, 0.15) is 0 Å². The number of hydrogen-bond donors (Lipinski definition) is 0. The maximum absolute atomic E-state index is 2.41. The lowest BCUT2D eigenvalue weighted by molar-refractivity contribution is 0.660. The maximum atomic E-state index is 2.41. The average Bonchev–Trinajstić information content (AvgIpc) is 3.44. The Kier molecular flexibility index (Phi) is 6.91. The molecule has 1 aliphatic rings. The highest BCUT2D eigenvalue weighted by Gasteiger charge is 2.35. The summed E-state index contributed by atoms with van der Waals surface area (Å²) in [6.45, 7) is 4.70. The first-order valence-corrected chi connectivity index (χ1v) is 18.2. The molecule has 0 aromatic heterocycles. The van der Waals surface area contributed by atoms with E-state index in [1.165, 1.54) is 76.8 Å². The Morgan fingerprint density at radius 3 is 1.60 bits per heavy atom. The van der Waals surface area contributed by atoms with E-state index in [9.17, 15) is 0 Å². The van der Waals surface area contributed by atoms with E-state index in [4.69, 9.17) is 0 Å². The van der Waals surface area contributed by atoms with Crippen molar-refractivity contribution in [2.75, 3.05) is 4.90 Å². The van der Waals surface area contributed by atoms with Gasteiger partial charge in [-0.1, -0.05) is 159 Å². The third-order valence-corrected chi connectivity index (χ3v) is 11.3. The number of benzene rings is 9. The van der Waals surface area contributed by atoms with Gasteiger partial charge in [-0.2, -0.15) is 0 Å². The molecule has 0 fully saturated rings. The number of fused-ring (bicyclic) bond motifs is 8. The fraction of sp³-hybridized carbons (Fsp3) is 0.0588. The molecule has 9 aromatic carbocycles. The summed E-state index contributed by atoms with van der Waals surface area (Å²) in [7, 11) is 0. The van der Waals surface area contributed by atoms with E-state index in [2.05, 4.69) is 207 Å². The molecule has 0 spiro atoms. The zero-order valence-corrected chi connectivity index (χ0v) is 29.3. The van der Waals surface area contributed by atoms with Gasteiger partial charge in [0, 0.05) is 22.5 Å². The van der Waals surface area contributed by atoms with Gasteiger partial charge in [-0.05, 0) is 119 Å². The minimum atomic E-state index is -0.0822. The van der Waals surface area contributed by atoms with Crippen LogP contribution in [0.1, 0.15) is 25.0 Å². The van der Waals surface area contributed by atoms with Crippen LogP contribution in [0.15, 0.2) is 188 Å². The van der Waals surface area contributed by atoms with Crippen LogP contribution < -0.4 is 4.90 Å². The summed E-state index contributed by atoms with van der Waals surface area (Å²) in [6.07, 6.45) is 0. The van der Waals surface area contributed by atoms with Crippen LogP contribution in [0.5, 0.6) is 0 Å². The highest BCUT2D eigenvalue weighted by Crippen LogP contribution is 2.50. The van der Waals surface area contributed by atoms with E-state index in [-0.39, 0.29) is 5.41 Å². The molecule has 0 atom stereocenters. The van der Waals surface area contributed by atoms with Crippen LogP contribution in [0, 0.1) is 0 Å². The third-order valence-electron chi connectivity index (χ3n) is 11.3. The van der Waals surface area contributed by atoms with Gasteiger partial charge < -0.3 is 4.90 Å². The predicted molar refractivity (Wildman–Crippen MR) is 222 cm³/mol. The van der Waals surface area contributed by atoms with Gasteiger partial charge in [-0.15, -0.1) is 0 Å². The van der Waals surface area contributed by atoms with Crippen LogP contribution in [0.4, 0.5) is 17.1 Å². The van der Waals surface area contributed by atoms with Crippen molar-refractivity contribution in [2.45, 2.75) is 19.3 Å². The van der Waals surface area contributed by atoms with Gasteiger partial charge in [0.05, 0.1) is 0 Å². The molecule has 1 heteroatoms. The lowest BCUT2D eigenvalue weighted by atomic mass is 9.82.